The fourth-order valence-corrected chi connectivity index (χ4v) is 1.88. The maximum Gasteiger partial charge on any atom is 0.224 e. The minimum Gasteiger partial charge on any atom is -0.330 e. The molecular weight excluding hydrogens is 271 g/mol. The lowest BCUT2D eigenvalue weighted by molar-refractivity contribution is -0.116. The lowest BCUT2D eigenvalue weighted by Gasteiger charge is -2.11. The molecular formula is C13H18Cl2N2O. The SMILES string of the molecule is Cc1cc(Cl)c(NC(=O)CCC(C)CN)cc1Cl. The zero-order valence-electron chi connectivity index (χ0n) is 10.6. The van der Waals surface area contributed by atoms with Crippen LogP contribution in [0.3, 0.4) is 0 Å². The average molecular weight is 289 g/mol. The van der Waals surface area contributed by atoms with Gasteiger partial charge in [-0.05, 0) is 43.5 Å². The molecule has 0 radical (unpaired) electrons. The summed E-state index contributed by atoms with van der Waals surface area (Å²) in [5.41, 5.74) is 6.94. The molecule has 0 aliphatic carbocycles. The molecule has 1 amide bonds. The van der Waals surface area contributed by atoms with Gasteiger partial charge < -0.3 is 11.1 Å². The molecule has 0 spiro atoms. The molecule has 18 heavy (non-hydrogen) atoms. The number of nitrogens with one attached hydrogen (secondary N) is 1. The number of benzene rings is 1. The summed E-state index contributed by atoms with van der Waals surface area (Å²) >= 11 is 12.0. The Bertz CT molecular complexity index is 435. The fraction of sp³-hybridized carbons (Fsp3) is 0.462. The molecule has 0 bridgehead atoms. The molecule has 0 fully saturated rings. The number of carbonyl (C=O) groups excluding carboxylic acids is 1. The number of hydrogen-bond acceptors (Lipinski definition) is 2. The van der Waals surface area contributed by atoms with Crippen molar-refractivity contribution in [3.63, 3.8) is 0 Å². The first kappa shape index (κ1) is 15.3. The van der Waals surface area contributed by atoms with Crippen LogP contribution in [0.25, 0.3) is 0 Å². The predicted molar refractivity (Wildman–Crippen MR) is 77.3 cm³/mol. The number of hydrogen-bond donors (Lipinski definition) is 2. The summed E-state index contributed by atoms with van der Waals surface area (Å²) in [6, 6.07) is 3.41. The van der Waals surface area contributed by atoms with Gasteiger partial charge in [-0.1, -0.05) is 30.1 Å². The maximum atomic E-state index is 11.7. The zero-order chi connectivity index (χ0) is 13.7. The number of nitrogens with two attached hydrogens (primary N) is 1. The van der Waals surface area contributed by atoms with Gasteiger partial charge in [0.25, 0.3) is 0 Å². The van der Waals surface area contributed by atoms with Crippen molar-refractivity contribution in [2.45, 2.75) is 26.7 Å². The Hall–Kier alpha value is -0.770. The Labute approximate surface area is 118 Å². The molecule has 0 saturated carbocycles. The Morgan fingerprint density at radius 2 is 2.06 bits per heavy atom. The Morgan fingerprint density at radius 3 is 2.67 bits per heavy atom. The average Bonchev–Trinajstić information content (AvgIpc) is 2.33. The van der Waals surface area contributed by atoms with Gasteiger partial charge in [0.15, 0.2) is 0 Å². The molecule has 0 heterocycles. The van der Waals surface area contributed by atoms with Crippen LogP contribution in [0.1, 0.15) is 25.3 Å². The molecule has 3 nitrogen and oxygen atoms in total. The molecule has 5 heteroatoms. The predicted octanol–water partition coefficient (Wildman–Crippen LogP) is 3.62. The van der Waals surface area contributed by atoms with Crippen LogP contribution in [0.2, 0.25) is 10.0 Å². The highest BCUT2D eigenvalue weighted by Gasteiger charge is 2.09. The number of halogens is 2. The van der Waals surface area contributed by atoms with Crippen molar-refractivity contribution in [1.82, 2.24) is 0 Å². The van der Waals surface area contributed by atoms with Crippen molar-refractivity contribution in [2.24, 2.45) is 11.7 Å². The van der Waals surface area contributed by atoms with Gasteiger partial charge in [-0.15, -0.1) is 0 Å². The minimum absolute atomic E-state index is 0.0721. The second-order valence-corrected chi connectivity index (χ2v) is 5.32. The van der Waals surface area contributed by atoms with Gasteiger partial charge in [-0.25, -0.2) is 0 Å². The molecule has 0 aromatic heterocycles. The summed E-state index contributed by atoms with van der Waals surface area (Å²) in [7, 11) is 0. The van der Waals surface area contributed by atoms with E-state index in [1.54, 1.807) is 12.1 Å². The highest BCUT2D eigenvalue weighted by Crippen LogP contribution is 2.28. The Kier molecular flexibility index (Phi) is 5.93. The maximum absolute atomic E-state index is 11.7. The van der Waals surface area contributed by atoms with Gasteiger partial charge >= 0.3 is 0 Å². The van der Waals surface area contributed by atoms with Crippen LogP contribution in [-0.4, -0.2) is 12.5 Å². The van der Waals surface area contributed by atoms with Crippen molar-refractivity contribution in [3.8, 4) is 0 Å². The van der Waals surface area contributed by atoms with Crippen molar-refractivity contribution >= 4 is 34.8 Å². The van der Waals surface area contributed by atoms with Gasteiger partial charge in [0.2, 0.25) is 5.91 Å². The largest absolute Gasteiger partial charge is 0.330 e. The number of amides is 1. The van der Waals surface area contributed by atoms with Crippen LogP contribution in [0.15, 0.2) is 12.1 Å². The van der Waals surface area contributed by atoms with Gasteiger partial charge in [-0.3, -0.25) is 4.79 Å². The third kappa shape index (κ3) is 4.48. The van der Waals surface area contributed by atoms with Crippen molar-refractivity contribution in [2.75, 3.05) is 11.9 Å². The van der Waals surface area contributed by atoms with Gasteiger partial charge in [-0.2, -0.15) is 0 Å². The summed E-state index contributed by atoms with van der Waals surface area (Å²) in [6.07, 6.45) is 1.19. The molecule has 1 unspecified atom stereocenters. The van der Waals surface area contributed by atoms with E-state index in [2.05, 4.69) is 5.32 Å². The van der Waals surface area contributed by atoms with E-state index in [1.807, 2.05) is 13.8 Å². The zero-order valence-corrected chi connectivity index (χ0v) is 12.1. The lowest BCUT2D eigenvalue weighted by Crippen LogP contribution is -2.16. The fourth-order valence-electron chi connectivity index (χ4n) is 1.45. The Balaban J connectivity index is 2.62. The van der Waals surface area contributed by atoms with Crippen LogP contribution in [0.4, 0.5) is 5.69 Å². The molecule has 0 saturated heterocycles. The van der Waals surface area contributed by atoms with Crippen molar-refractivity contribution < 1.29 is 4.79 Å². The second kappa shape index (κ2) is 6.98. The molecule has 1 aromatic carbocycles. The van der Waals surface area contributed by atoms with Crippen LogP contribution >= 0.6 is 23.2 Å². The molecule has 1 atom stereocenters. The topological polar surface area (TPSA) is 55.1 Å². The quantitative estimate of drug-likeness (QED) is 0.870. The van der Waals surface area contributed by atoms with E-state index in [0.29, 0.717) is 34.6 Å². The van der Waals surface area contributed by atoms with Gasteiger partial charge in [0.05, 0.1) is 10.7 Å². The summed E-state index contributed by atoms with van der Waals surface area (Å²) in [5.74, 6) is 0.268. The first-order chi connectivity index (χ1) is 8.43. The van der Waals surface area contributed by atoms with E-state index in [4.69, 9.17) is 28.9 Å². The highest BCUT2D eigenvalue weighted by atomic mass is 35.5. The highest BCUT2D eigenvalue weighted by molar-refractivity contribution is 6.36. The minimum atomic E-state index is -0.0721. The molecule has 100 valence electrons. The van der Waals surface area contributed by atoms with Crippen LogP contribution in [0.5, 0.6) is 0 Å². The first-order valence-corrected chi connectivity index (χ1v) is 6.65. The summed E-state index contributed by atoms with van der Waals surface area (Å²) in [5, 5.41) is 3.85. The lowest BCUT2D eigenvalue weighted by atomic mass is 10.1. The number of anilines is 1. The van der Waals surface area contributed by atoms with Crippen molar-refractivity contribution in [1.29, 1.82) is 0 Å². The Morgan fingerprint density at radius 1 is 1.39 bits per heavy atom. The van der Waals surface area contributed by atoms with E-state index < -0.39 is 0 Å². The van der Waals surface area contributed by atoms with Crippen LogP contribution < -0.4 is 11.1 Å². The van der Waals surface area contributed by atoms with E-state index in [1.165, 1.54) is 0 Å². The number of carbonyl (C=O) groups is 1. The van der Waals surface area contributed by atoms with Gasteiger partial charge in [0, 0.05) is 11.4 Å². The second-order valence-electron chi connectivity index (χ2n) is 4.51. The van der Waals surface area contributed by atoms with E-state index in [9.17, 15) is 4.79 Å². The molecule has 0 aliphatic rings. The molecule has 3 N–H and O–H groups in total. The summed E-state index contributed by atoms with van der Waals surface area (Å²) < 4.78 is 0. The summed E-state index contributed by atoms with van der Waals surface area (Å²) in [4.78, 5) is 11.7. The monoisotopic (exact) mass is 288 g/mol. The smallest absolute Gasteiger partial charge is 0.224 e. The number of rotatable bonds is 5. The van der Waals surface area contributed by atoms with E-state index in [-0.39, 0.29) is 5.91 Å². The molecule has 1 rings (SSSR count). The normalized spacial score (nSPS) is 12.3. The van der Waals surface area contributed by atoms with Crippen LogP contribution in [0, 0.1) is 12.8 Å². The van der Waals surface area contributed by atoms with Crippen molar-refractivity contribution in [3.05, 3.63) is 27.7 Å². The van der Waals surface area contributed by atoms with Gasteiger partial charge in [0.1, 0.15) is 0 Å². The summed E-state index contributed by atoms with van der Waals surface area (Å²) in [6.45, 7) is 4.47. The third-order valence-corrected chi connectivity index (χ3v) is 3.51. The number of aryl methyl sites for hydroxylation is 1. The first-order valence-electron chi connectivity index (χ1n) is 5.89. The third-order valence-electron chi connectivity index (χ3n) is 2.79. The van der Waals surface area contributed by atoms with E-state index >= 15 is 0 Å². The molecule has 0 aliphatic heterocycles. The standard InChI is InChI=1S/C13H18Cl2N2O/c1-8(7-16)3-4-13(18)17-12-6-10(14)9(2)5-11(12)15/h5-6,8H,3-4,7,16H2,1-2H3,(H,17,18). The van der Waals surface area contributed by atoms with Crippen LogP contribution in [-0.2, 0) is 4.79 Å². The van der Waals surface area contributed by atoms with E-state index in [0.717, 1.165) is 12.0 Å². The molecule has 1 aromatic rings.